The number of para-hydroxylation sites is 1. The molecule has 2 rings (SSSR count). The van der Waals surface area contributed by atoms with Crippen LogP contribution in [0.3, 0.4) is 0 Å². The van der Waals surface area contributed by atoms with Gasteiger partial charge in [-0.15, -0.1) is 0 Å². The van der Waals surface area contributed by atoms with Crippen molar-refractivity contribution in [3.05, 3.63) is 52.0 Å². The lowest BCUT2D eigenvalue weighted by Gasteiger charge is -2.20. The van der Waals surface area contributed by atoms with Crippen molar-refractivity contribution >= 4 is 34.2 Å². The molecule has 0 aliphatic rings. The SMILES string of the molecule is COCN(C(=O)c1occc1I)c1ccccc1. The molecule has 0 saturated heterocycles. The first-order valence-corrected chi connectivity index (χ1v) is 6.40. The van der Waals surface area contributed by atoms with E-state index < -0.39 is 0 Å². The molecule has 0 unspecified atom stereocenters. The first-order valence-electron chi connectivity index (χ1n) is 5.33. The summed E-state index contributed by atoms with van der Waals surface area (Å²) in [5.74, 6) is 0.119. The van der Waals surface area contributed by atoms with E-state index in [9.17, 15) is 4.79 Å². The topological polar surface area (TPSA) is 42.7 Å². The summed E-state index contributed by atoms with van der Waals surface area (Å²) in [6, 6.07) is 11.1. The van der Waals surface area contributed by atoms with Gasteiger partial charge in [0.1, 0.15) is 6.73 Å². The third-order valence-electron chi connectivity index (χ3n) is 2.38. The zero-order chi connectivity index (χ0) is 13.0. The van der Waals surface area contributed by atoms with Crippen LogP contribution in [0, 0.1) is 3.57 Å². The van der Waals surface area contributed by atoms with Crippen LogP contribution < -0.4 is 4.90 Å². The van der Waals surface area contributed by atoms with Crippen LogP contribution >= 0.6 is 22.6 Å². The van der Waals surface area contributed by atoms with Gasteiger partial charge in [-0.1, -0.05) is 18.2 Å². The maximum Gasteiger partial charge on any atom is 0.296 e. The maximum absolute atomic E-state index is 12.4. The number of nitrogens with zero attached hydrogens (tertiary/aromatic N) is 1. The van der Waals surface area contributed by atoms with E-state index in [2.05, 4.69) is 22.6 Å². The van der Waals surface area contributed by atoms with Crippen molar-refractivity contribution < 1.29 is 13.9 Å². The van der Waals surface area contributed by atoms with Crippen molar-refractivity contribution in [2.75, 3.05) is 18.7 Å². The Morgan fingerprint density at radius 1 is 1.33 bits per heavy atom. The minimum Gasteiger partial charge on any atom is -0.458 e. The molecular weight excluding hydrogens is 345 g/mol. The first-order chi connectivity index (χ1) is 8.74. The Morgan fingerprint density at radius 3 is 2.61 bits per heavy atom. The van der Waals surface area contributed by atoms with Gasteiger partial charge in [0.15, 0.2) is 0 Å². The highest BCUT2D eigenvalue weighted by molar-refractivity contribution is 14.1. The van der Waals surface area contributed by atoms with Crippen molar-refractivity contribution in [3.63, 3.8) is 0 Å². The summed E-state index contributed by atoms with van der Waals surface area (Å²) >= 11 is 2.07. The molecule has 0 radical (unpaired) electrons. The molecule has 1 heterocycles. The minimum atomic E-state index is -0.211. The molecule has 0 fully saturated rings. The lowest BCUT2D eigenvalue weighted by Crippen LogP contribution is -2.32. The molecule has 94 valence electrons. The predicted octanol–water partition coefficient (Wildman–Crippen LogP) is 3.13. The second kappa shape index (κ2) is 6.01. The smallest absolute Gasteiger partial charge is 0.296 e. The summed E-state index contributed by atoms with van der Waals surface area (Å²) in [5.41, 5.74) is 0.775. The van der Waals surface area contributed by atoms with E-state index in [0.29, 0.717) is 5.76 Å². The molecule has 0 saturated carbocycles. The van der Waals surface area contributed by atoms with E-state index in [1.165, 1.54) is 11.2 Å². The van der Waals surface area contributed by atoms with Crippen LogP contribution in [0.1, 0.15) is 10.6 Å². The Kier molecular flexibility index (Phi) is 4.38. The highest BCUT2D eigenvalue weighted by atomic mass is 127. The second-order valence-electron chi connectivity index (χ2n) is 3.58. The van der Waals surface area contributed by atoms with E-state index in [0.717, 1.165) is 9.26 Å². The molecule has 0 spiro atoms. The molecule has 0 N–H and O–H groups in total. The van der Waals surface area contributed by atoms with Gasteiger partial charge in [-0.05, 0) is 40.8 Å². The van der Waals surface area contributed by atoms with E-state index in [1.807, 2.05) is 30.3 Å². The van der Waals surface area contributed by atoms with Gasteiger partial charge >= 0.3 is 0 Å². The van der Waals surface area contributed by atoms with Gasteiger partial charge in [0.2, 0.25) is 5.76 Å². The van der Waals surface area contributed by atoms with E-state index in [4.69, 9.17) is 9.15 Å². The number of anilines is 1. The second-order valence-corrected chi connectivity index (χ2v) is 4.75. The molecule has 1 aromatic heterocycles. The monoisotopic (exact) mass is 357 g/mol. The van der Waals surface area contributed by atoms with Gasteiger partial charge < -0.3 is 9.15 Å². The van der Waals surface area contributed by atoms with Crippen molar-refractivity contribution in [3.8, 4) is 0 Å². The normalized spacial score (nSPS) is 10.3. The molecule has 1 amide bonds. The van der Waals surface area contributed by atoms with Gasteiger partial charge in [-0.25, -0.2) is 0 Å². The number of hydrogen-bond acceptors (Lipinski definition) is 3. The van der Waals surface area contributed by atoms with Gasteiger partial charge in [0, 0.05) is 12.8 Å². The number of furan rings is 1. The Bertz CT molecular complexity index is 524. The Labute approximate surface area is 119 Å². The summed E-state index contributed by atoms with van der Waals surface area (Å²) in [6.45, 7) is 0.180. The number of methoxy groups -OCH3 is 1. The summed E-state index contributed by atoms with van der Waals surface area (Å²) in [6.07, 6.45) is 1.50. The number of benzene rings is 1. The largest absolute Gasteiger partial charge is 0.458 e. The predicted molar refractivity (Wildman–Crippen MR) is 76.6 cm³/mol. The van der Waals surface area contributed by atoms with Crippen LogP contribution in [0.5, 0.6) is 0 Å². The average Bonchev–Trinajstić information content (AvgIpc) is 2.82. The van der Waals surface area contributed by atoms with Gasteiger partial charge in [-0.3, -0.25) is 9.69 Å². The Balaban J connectivity index is 2.32. The molecule has 5 heteroatoms. The number of ether oxygens (including phenoxy) is 1. The number of hydrogen-bond donors (Lipinski definition) is 0. The molecule has 0 aliphatic carbocycles. The highest BCUT2D eigenvalue weighted by Gasteiger charge is 2.22. The highest BCUT2D eigenvalue weighted by Crippen LogP contribution is 2.20. The zero-order valence-electron chi connectivity index (χ0n) is 9.80. The quantitative estimate of drug-likeness (QED) is 0.624. The molecular formula is C13H12INO3. The van der Waals surface area contributed by atoms with Gasteiger partial charge in [0.25, 0.3) is 5.91 Å². The van der Waals surface area contributed by atoms with Crippen LogP contribution in [0.2, 0.25) is 0 Å². The van der Waals surface area contributed by atoms with Crippen molar-refractivity contribution in [1.82, 2.24) is 0 Å². The standard InChI is InChI=1S/C13H12INO3/c1-17-9-15(10-5-3-2-4-6-10)13(16)12-11(14)7-8-18-12/h2-8H,9H2,1H3. The van der Waals surface area contributed by atoms with Gasteiger partial charge in [-0.2, -0.15) is 0 Å². The molecule has 0 aliphatic heterocycles. The number of halogens is 1. The van der Waals surface area contributed by atoms with E-state index in [1.54, 1.807) is 13.2 Å². The fraction of sp³-hybridized carbons (Fsp3) is 0.154. The van der Waals surface area contributed by atoms with Crippen LogP contribution in [-0.2, 0) is 4.74 Å². The zero-order valence-corrected chi connectivity index (χ0v) is 12.0. The lowest BCUT2D eigenvalue weighted by molar-refractivity contribution is 0.0908. The van der Waals surface area contributed by atoms with Crippen LogP contribution in [0.15, 0.2) is 47.1 Å². The fourth-order valence-corrected chi connectivity index (χ4v) is 2.06. The van der Waals surface area contributed by atoms with E-state index in [-0.39, 0.29) is 12.6 Å². The van der Waals surface area contributed by atoms with Crippen molar-refractivity contribution in [1.29, 1.82) is 0 Å². The first kappa shape index (κ1) is 13.1. The van der Waals surface area contributed by atoms with Crippen molar-refractivity contribution in [2.24, 2.45) is 0 Å². The van der Waals surface area contributed by atoms with Crippen LogP contribution in [0.25, 0.3) is 0 Å². The third-order valence-corrected chi connectivity index (χ3v) is 3.23. The summed E-state index contributed by atoms with van der Waals surface area (Å²) in [5, 5.41) is 0. The fourth-order valence-electron chi connectivity index (χ4n) is 1.56. The average molecular weight is 357 g/mol. The van der Waals surface area contributed by atoms with Gasteiger partial charge in [0.05, 0.1) is 9.83 Å². The number of carbonyl (C=O) groups excluding carboxylic acids is 1. The number of rotatable bonds is 4. The third kappa shape index (κ3) is 2.73. The van der Waals surface area contributed by atoms with E-state index >= 15 is 0 Å². The summed E-state index contributed by atoms with van der Waals surface area (Å²) < 4.78 is 11.1. The summed E-state index contributed by atoms with van der Waals surface area (Å²) in [4.78, 5) is 13.9. The maximum atomic E-state index is 12.4. The Morgan fingerprint density at radius 2 is 2.06 bits per heavy atom. The molecule has 2 aromatic rings. The molecule has 0 atom stereocenters. The lowest BCUT2D eigenvalue weighted by atomic mass is 10.3. The molecule has 4 nitrogen and oxygen atoms in total. The molecule has 18 heavy (non-hydrogen) atoms. The minimum absolute atomic E-state index is 0.180. The van der Waals surface area contributed by atoms with Crippen LogP contribution in [0.4, 0.5) is 5.69 Å². The summed E-state index contributed by atoms with van der Waals surface area (Å²) in [7, 11) is 1.55. The van der Waals surface area contributed by atoms with Crippen LogP contribution in [-0.4, -0.2) is 19.7 Å². The molecule has 1 aromatic carbocycles. The molecule has 0 bridgehead atoms. The number of amides is 1. The Hall–Kier alpha value is -1.34. The number of carbonyl (C=O) groups is 1. The van der Waals surface area contributed by atoms with Crippen molar-refractivity contribution in [2.45, 2.75) is 0 Å².